The topological polar surface area (TPSA) is 67.8 Å². The average Bonchev–Trinajstić information content (AvgIpc) is 2.04. The zero-order valence-electron chi connectivity index (χ0n) is 7.37. The summed E-state index contributed by atoms with van der Waals surface area (Å²) in [6.07, 6.45) is -0.534. The second kappa shape index (κ2) is 6.87. The first kappa shape index (κ1) is 11.2. The van der Waals surface area contributed by atoms with Crippen molar-refractivity contribution in [2.75, 3.05) is 26.9 Å². The second-order valence-electron chi connectivity index (χ2n) is 2.20. The first-order valence-electron chi connectivity index (χ1n) is 3.77. The molecule has 1 amide bonds. The van der Waals surface area contributed by atoms with Crippen molar-refractivity contribution in [3.63, 3.8) is 0 Å². The van der Waals surface area contributed by atoms with Crippen molar-refractivity contribution in [2.45, 2.75) is 13.0 Å². The van der Waals surface area contributed by atoms with Crippen LogP contribution in [0, 0.1) is 0 Å². The Bertz CT molecular complexity index is 129. The molecule has 0 aliphatic heterocycles. The van der Waals surface area contributed by atoms with Crippen LogP contribution in [0.3, 0.4) is 0 Å². The molecule has 0 aromatic carbocycles. The van der Waals surface area contributed by atoms with E-state index in [0.717, 1.165) is 0 Å². The Morgan fingerprint density at radius 2 is 2.33 bits per heavy atom. The number of carbonyl (C=O) groups excluding carboxylic acids is 1. The molecule has 0 aliphatic rings. The number of nitrogens with one attached hydrogen (secondary N) is 1. The molecule has 12 heavy (non-hydrogen) atoms. The number of hydrogen-bond acceptors (Lipinski definition) is 4. The monoisotopic (exact) mass is 177 g/mol. The molecule has 0 aromatic rings. The van der Waals surface area contributed by atoms with Gasteiger partial charge in [0, 0.05) is 7.11 Å². The highest BCUT2D eigenvalue weighted by Crippen LogP contribution is 1.85. The van der Waals surface area contributed by atoms with E-state index in [1.807, 2.05) is 0 Å². The van der Waals surface area contributed by atoms with Crippen molar-refractivity contribution in [3.8, 4) is 0 Å². The van der Waals surface area contributed by atoms with Crippen LogP contribution in [0.25, 0.3) is 0 Å². The van der Waals surface area contributed by atoms with Crippen molar-refractivity contribution in [1.29, 1.82) is 0 Å². The van der Waals surface area contributed by atoms with E-state index < -0.39 is 12.1 Å². The van der Waals surface area contributed by atoms with Gasteiger partial charge in [-0.2, -0.15) is 0 Å². The number of amides is 1. The molecule has 0 fully saturated rings. The van der Waals surface area contributed by atoms with Crippen molar-refractivity contribution in [3.05, 3.63) is 0 Å². The molecular weight excluding hydrogens is 162 g/mol. The summed E-state index contributed by atoms with van der Waals surface area (Å²) in [5, 5.41) is 11.2. The molecule has 72 valence electrons. The van der Waals surface area contributed by atoms with Gasteiger partial charge in [0.2, 0.25) is 0 Å². The summed E-state index contributed by atoms with van der Waals surface area (Å²) in [5.41, 5.74) is 0. The number of aliphatic hydroxyl groups excluding tert-OH is 1. The number of ether oxygens (including phenoxy) is 2. The highest BCUT2D eigenvalue weighted by molar-refractivity contribution is 5.67. The third kappa shape index (κ3) is 4.92. The van der Waals surface area contributed by atoms with E-state index in [4.69, 9.17) is 9.84 Å². The maximum absolute atomic E-state index is 10.8. The van der Waals surface area contributed by atoms with Gasteiger partial charge in [-0.05, 0) is 6.92 Å². The van der Waals surface area contributed by atoms with Gasteiger partial charge in [0.1, 0.15) is 0 Å². The Kier molecular flexibility index (Phi) is 6.41. The van der Waals surface area contributed by atoms with Gasteiger partial charge < -0.3 is 19.9 Å². The smallest absolute Gasteiger partial charge is 0.407 e. The van der Waals surface area contributed by atoms with E-state index in [1.54, 1.807) is 6.92 Å². The van der Waals surface area contributed by atoms with Gasteiger partial charge in [-0.1, -0.05) is 0 Å². The predicted molar refractivity (Wildman–Crippen MR) is 42.9 cm³/mol. The zero-order chi connectivity index (χ0) is 9.40. The number of alkyl carbamates (subject to hydrolysis) is 1. The normalized spacial score (nSPS) is 12.2. The Morgan fingerprint density at radius 3 is 2.75 bits per heavy atom. The zero-order valence-corrected chi connectivity index (χ0v) is 7.37. The summed E-state index contributed by atoms with van der Waals surface area (Å²) in [6, 6.07) is -0.394. The molecule has 5 nitrogen and oxygen atoms in total. The SMILES string of the molecule is CCOC(=O)NC(CO)COC. The standard InChI is InChI=1S/C7H15NO4/c1-3-12-7(10)8-6(4-9)5-11-2/h6,9H,3-5H2,1-2H3,(H,8,10). The van der Waals surface area contributed by atoms with Gasteiger partial charge in [-0.25, -0.2) is 4.79 Å². The summed E-state index contributed by atoms with van der Waals surface area (Å²) < 4.78 is 9.35. The minimum atomic E-state index is -0.534. The summed E-state index contributed by atoms with van der Waals surface area (Å²) >= 11 is 0. The van der Waals surface area contributed by atoms with Crippen LogP contribution >= 0.6 is 0 Å². The van der Waals surface area contributed by atoms with Gasteiger partial charge in [0.15, 0.2) is 0 Å². The fourth-order valence-electron chi connectivity index (χ4n) is 0.681. The highest BCUT2D eigenvalue weighted by Gasteiger charge is 2.10. The second-order valence-corrected chi connectivity index (χ2v) is 2.20. The molecule has 1 atom stereocenters. The first-order valence-corrected chi connectivity index (χ1v) is 3.77. The molecule has 0 rings (SSSR count). The minimum absolute atomic E-state index is 0.160. The van der Waals surface area contributed by atoms with Gasteiger partial charge in [-0.15, -0.1) is 0 Å². The number of aliphatic hydroxyl groups is 1. The number of rotatable bonds is 5. The molecule has 0 spiro atoms. The predicted octanol–water partition coefficient (Wildman–Crippen LogP) is -0.260. The molecule has 0 saturated carbocycles. The van der Waals surface area contributed by atoms with Gasteiger partial charge in [-0.3, -0.25) is 0 Å². The molecule has 0 bridgehead atoms. The summed E-state index contributed by atoms with van der Waals surface area (Å²) in [5.74, 6) is 0. The van der Waals surface area contributed by atoms with E-state index in [9.17, 15) is 4.79 Å². The minimum Gasteiger partial charge on any atom is -0.450 e. The Labute approximate surface area is 71.7 Å². The molecule has 5 heteroatoms. The van der Waals surface area contributed by atoms with Crippen LogP contribution in [-0.2, 0) is 9.47 Å². The molecule has 1 unspecified atom stereocenters. The molecule has 0 aromatic heterocycles. The van der Waals surface area contributed by atoms with Gasteiger partial charge in [0.25, 0.3) is 0 Å². The average molecular weight is 177 g/mol. The van der Waals surface area contributed by atoms with Gasteiger partial charge >= 0.3 is 6.09 Å². The third-order valence-electron chi connectivity index (χ3n) is 1.19. The highest BCUT2D eigenvalue weighted by atomic mass is 16.5. The fourth-order valence-corrected chi connectivity index (χ4v) is 0.681. The quantitative estimate of drug-likeness (QED) is 0.607. The maximum atomic E-state index is 10.8. The van der Waals surface area contributed by atoms with E-state index in [0.29, 0.717) is 6.61 Å². The van der Waals surface area contributed by atoms with Gasteiger partial charge in [0.05, 0.1) is 25.9 Å². The molecule has 0 saturated heterocycles. The number of carbonyl (C=O) groups is 1. The van der Waals surface area contributed by atoms with Crippen LogP contribution in [0.1, 0.15) is 6.92 Å². The fraction of sp³-hybridized carbons (Fsp3) is 0.857. The Morgan fingerprint density at radius 1 is 1.67 bits per heavy atom. The molecule has 0 radical (unpaired) electrons. The summed E-state index contributed by atoms with van der Waals surface area (Å²) in [7, 11) is 1.50. The Hall–Kier alpha value is -0.810. The lowest BCUT2D eigenvalue weighted by molar-refractivity contribution is 0.108. The summed E-state index contributed by atoms with van der Waals surface area (Å²) in [6.45, 7) is 2.14. The number of methoxy groups -OCH3 is 1. The molecular formula is C7H15NO4. The van der Waals surface area contributed by atoms with Crippen LogP contribution in [0.15, 0.2) is 0 Å². The van der Waals surface area contributed by atoms with Crippen LogP contribution in [0.4, 0.5) is 4.79 Å². The maximum Gasteiger partial charge on any atom is 0.407 e. The lowest BCUT2D eigenvalue weighted by Crippen LogP contribution is -2.40. The number of hydrogen-bond donors (Lipinski definition) is 2. The molecule has 2 N–H and O–H groups in total. The van der Waals surface area contributed by atoms with E-state index in [2.05, 4.69) is 10.1 Å². The van der Waals surface area contributed by atoms with Crippen molar-refractivity contribution < 1.29 is 19.4 Å². The molecule has 0 heterocycles. The third-order valence-corrected chi connectivity index (χ3v) is 1.19. The van der Waals surface area contributed by atoms with Crippen LogP contribution in [0.2, 0.25) is 0 Å². The van der Waals surface area contributed by atoms with Crippen molar-refractivity contribution in [2.24, 2.45) is 0 Å². The van der Waals surface area contributed by atoms with Crippen molar-refractivity contribution >= 4 is 6.09 Å². The Balaban J connectivity index is 3.61. The van der Waals surface area contributed by atoms with E-state index in [1.165, 1.54) is 7.11 Å². The lowest BCUT2D eigenvalue weighted by Gasteiger charge is -2.14. The van der Waals surface area contributed by atoms with Crippen LogP contribution in [0.5, 0.6) is 0 Å². The van der Waals surface area contributed by atoms with E-state index >= 15 is 0 Å². The van der Waals surface area contributed by atoms with Crippen LogP contribution < -0.4 is 5.32 Å². The van der Waals surface area contributed by atoms with E-state index in [-0.39, 0.29) is 13.2 Å². The van der Waals surface area contributed by atoms with Crippen LogP contribution in [-0.4, -0.2) is 44.2 Å². The summed E-state index contributed by atoms with van der Waals surface area (Å²) in [4.78, 5) is 10.8. The largest absolute Gasteiger partial charge is 0.450 e. The molecule has 0 aliphatic carbocycles. The lowest BCUT2D eigenvalue weighted by atomic mass is 10.3. The first-order chi connectivity index (χ1) is 5.74. The van der Waals surface area contributed by atoms with Crippen molar-refractivity contribution in [1.82, 2.24) is 5.32 Å².